The maximum absolute atomic E-state index is 13.8. The molecule has 5 aromatic rings. The van der Waals surface area contributed by atoms with Gasteiger partial charge in [-0.15, -0.1) is 0 Å². The van der Waals surface area contributed by atoms with E-state index < -0.39 is 10.8 Å². The molecule has 0 bridgehead atoms. The standard InChI is InChI=1S/C41H36N2O4/c1-3-46-36(44)23-40(30-17-9-7-15-28(30)38-32(40)21-26-13-5-11-19-34(26)42-38)25-41(24-37(45)47-4-2)31-18-10-8-16-29(31)39-33(41)22-27-14-6-12-20-35(27)43-39/h5-7,9,11-22H,3-4,8,10,23-25H2,1-2H3. The number of para-hydroxylation sites is 2. The highest BCUT2D eigenvalue weighted by molar-refractivity contribution is 5.96. The van der Waals surface area contributed by atoms with Crippen LogP contribution in [0.5, 0.6) is 0 Å². The molecule has 47 heavy (non-hydrogen) atoms. The number of fused-ring (bicyclic) bond motifs is 8. The molecule has 0 aliphatic heterocycles. The first-order chi connectivity index (χ1) is 23.0. The highest BCUT2D eigenvalue weighted by Gasteiger charge is 2.57. The molecule has 2 aromatic heterocycles. The summed E-state index contributed by atoms with van der Waals surface area (Å²) >= 11 is 0. The molecular weight excluding hydrogens is 584 g/mol. The van der Waals surface area contributed by atoms with Crippen LogP contribution in [-0.4, -0.2) is 35.1 Å². The topological polar surface area (TPSA) is 78.4 Å². The molecule has 234 valence electrons. The van der Waals surface area contributed by atoms with E-state index in [4.69, 9.17) is 19.4 Å². The van der Waals surface area contributed by atoms with E-state index in [0.29, 0.717) is 6.42 Å². The Hall–Kier alpha value is -5.10. The SMILES string of the molecule is CCOC(=O)CC1(CC2(CC(=O)OCC)c3ccccc3-c3nc4ccccc4cc32)C2=CCCC=C2c2nc3ccccc3cc21. The minimum Gasteiger partial charge on any atom is -0.466 e. The Labute approximate surface area is 274 Å². The molecule has 0 saturated carbocycles. The summed E-state index contributed by atoms with van der Waals surface area (Å²) in [5.41, 5.74) is 8.12. The van der Waals surface area contributed by atoms with Gasteiger partial charge >= 0.3 is 11.9 Å². The van der Waals surface area contributed by atoms with E-state index in [2.05, 4.69) is 48.6 Å². The van der Waals surface area contributed by atoms with E-state index in [0.717, 1.165) is 79.4 Å². The molecule has 3 aliphatic rings. The Balaban J connectivity index is 1.45. The summed E-state index contributed by atoms with van der Waals surface area (Å²) in [7, 11) is 0. The molecule has 6 nitrogen and oxygen atoms in total. The Morgan fingerprint density at radius 3 is 1.89 bits per heavy atom. The van der Waals surface area contributed by atoms with Crippen LogP contribution in [0.2, 0.25) is 0 Å². The highest BCUT2D eigenvalue weighted by Crippen LogP contribution is 2.63. The van der Waals surface area contributed by atoms with Crippen molar-refractivity contribution < 1.29 is 19.1 Å². The second-order valence-electron chi connectivity index (χ2n) is 12.8. The zero-order valence-electron chi connectivity index (χ0n) is 26.7. The van der Waals surface area contributed by atoms with Gasteiger partial charge in [0, 0.05) is 32.7 Å². The molecule has 0 saturated heterocycles. The Morgan fingerprint density at radius 1 is 0.660 bits per heavy atom. The number of rotatable bonds is 8. The average molecular weight is 621 g/mol. The third-order valence-corrected chi connectivity index (χ3v) is 10.2. The van der Waals surface area contributed by atoms with Crippen molar-refractivity contribution in [2.75, 3.05) is 13.2 Å². The predicted octanol–water partition coefficient (Wildman–Crippen LogP) is 8.40. The number of aromatic nitrogens is 2. The highest BCUT2D eigenvalue weighted by atomic mass is 16.5. The van der Waals surface area contributed by atoms with Crippen molar-refractivity contribution in [3.8, 4) is 11.3 Å². The molecule has 0 amide bonds. The van der Waals surface area contributed by atoms with Gasteiger partial charge in [-0.25, -0.2) is 9.97 Å². The van der Waals surface area contributed by atoms with E-state index >= 15 is 0 Å². The number of hydrogen-bond donors (Lipinski definition) is 0. The van der Waals surface area contributed by atoms with Crippen molar-refractivity contribution in [1.82, 2.24) is 9.97 Å². The number of allylic oxidation sites excluding steroid dienone is 4. The molecule has 2 unspecified atom stereocenters. The summed E-state index contributed by atoms with van der Waals surface area (Å²) in [4.78, 5) is 38.1. The first kappa shape index (κ1) is 29.3. The fraction of sp³-hybridized carbons (Fsp3) is 0.268. The van der Waals surface area contributed by atoms with Gasteiger partial charge in [-0.3, -0.25) is 9.59 Å². The van der Waals surface area contributed by atoms with E-state index in [1.165, 1.54) is 0 Å². The lowest BCUT2D eigenvalue weighted by Gasteiger charge is -2.42. The van der Waals surface area contributed by atoms with Gasteiger partial charge < -0.3 is 9.47 Å². The largest absolute Gasteiger partial charge is 0.466 e. The lowest BCUT2D eigenvalue weighted by molar-refractivity contribution is -0.144. The van der Waals surface area contributed by atoms with Crippen LogP contribution in [0, 0.1) is 0 Å². The summed E-state index contributed by atoms with van der Waals surface area (Å²) in [6.45, 7) is 4.25. The number of carbonyl (C=O) groups is 2. The van der Waals surface area contributed by atoms with Crippen LogP contribution in [0.15, 0.2) is 103 Å². The summed E-state index contributed by atoms with van der Waals surface area (Å²) in [6.07, 6.45) is 7.00. The lowest BCUT2D eigenvalue weighted by Crippen LogP contribution is -2.41. The molecule has 3 aliphatic carbocycles. The zero-order chi connectivity index (χ0) is 32.2. The van der Waals surface area contributed by atoms with Crippen LogP contribution in [-0.2, 0) is 29.9 Å². The summed E-state index contributed by atoms with van der Waals surface area (Å²) in [5, 5.41) is 2.02. The number of carbonyl (C=O) groups excluding carboxylic acids is 2. The Bertz CT molecular complexity index is 2160. The summed E-state index contributed by atoms with van der Waals surface area (Å²) < 4.78 is 11.4. The van der Waals surface area contributed by atoms with Gasteiger partial charge in [0.1, 0.15) is 0 Å². The molecule has 2 atom stereocenters. The smallest absolute Gasteiger partial charge is 0.307 e. The fourth-order valence-electron chi connectivity index (χ4n) is 8.44. The monoisotopic (exact) mass is 620 g/mol. The van der Waals surface area contributed by atoms with Crippen LogP contribution >= 0.6 is 0 Å². The number of nitrogens with zero attached hydrogens (tertiary/aromatic N) is 2. The van der Waals surface area contributed by atoms with Crippen molar-refractivity contribution in [3.05, 3.63) is 125 Å². The molecule has 3 aromatic carbocycles. The number of benzene rings is 3. The van der Waals surface area contributed by atoms with Gasteiger partial charge in [0.05, 0.1) is 48.5 Å². The zero-order valence-corrected chi connectivity index (χ0v) is 26.7. The van der Waals surface area contributed by atoms with Gasteiger partial charge in [-0.05, 0) is 79.6 Å². The fourth-order valence-corrected chi connectivity index (χ4v) is 8.44. The predicted molar refractivity (Wildman–Crippen MR) is 184 cm³/mol. The minimum atomic E-state index is -0.849. The Morgan fingerprint density at radius 2 is 1.21 bits per heavy atom. The lowest BCUT2D eigenvalue weighted by atomic mass is 9.60. The maximum Gasteiger partial charge on any atom is 0.307 e. The maximum atomic E-state index is 13.8. The van der Waals surface area contributed by atoms with Crippen molar-refractivity contribution in [2.45, 2.75) is 56.8 Å². The van der Waals surface area contributed by atoms with E-state index in [9.17, 15) is 9.59 Å². The normalized spacial score (nSPS) is 20.6. The molecule has 0 N–H and O–H groups in total. The van der Waals surface area contributed by atoms with Crippen LogP contribution in [0.4, 0.5) is 0 Å². The molecule has 0 radical (unpaired) electrons. The second-order valence-corrected chi connectivity index (χ2v) is 12.8. The second kappa shape index (κ2) is 11.3. The van der Waals surface area contributed by atoms with Crippen molar-refractivity contribution >= 4 is 39.3 Å². The molecule has 0 fully saturated rings. The number of hydrogen-bond acceptors (Lipinski definition) is 6. The first-order valence-electron chi connectivity index (χ1n) is 16.6. The van der Waals surface area contributed by atoms with Gasteiger partial charge in [0.2, 0.25) is 0 Å². The van der Waals surface area contributed by atoms with E-state index in [-0.39, 0.29) is 38.0 Å². The molecule has 0 spiro atoms. The number of pyridine rings is 2. The van der Waals surface area contributed by atoms with Gasteiger partial charge in [0.15, 0.2) is 0 Å². The average Bonchev–Trinajstić information content (AvgIpc) is 3.49. The molecule has 6 heteroatoms. The van der Waals surface area contributed by atoms with E-state index in [1.54, 1.807) is 0 Å². The summed E-state index contributed by atoms with van der Waals surface area (Å²) in [5.74, 6) is -0.549. The first-order valence-corrected chi connectivity index (χ1v) is 16.6. The number of ether oxygens (including phenoxy) is 2. The van der Waals surface area contributed by atoms with Crippen molar-refractivity contribution in [3.63, 3.8) is 0 Å². The van der Waals surface area contributed by atoms with Gasteiger partial charge in [-0.2, -0.15) is 0 Å². The molecule has 8 rings (SSSR count). The van der Waals surface area contributed by atoms with Crippen LogP contribution < -0.4 is 0 Å². The summed E-state index contributed by atoms with van der Waals surface area (Å²) in [6, 6.07) is 29.0. The third kappa shape index (κ3) is 4.53. The van der Waals surface area contributed by atoms with Crippen molar-refractivity contribution in [2.24, 2.45) is 0 Å². The van der Waals surface area contributed by atoms with Crippen LogP contribution in [0.1, 0.15) is 68.3 Å². The quantitative estimate of drug-likeness (QED) is 0.162. The molecular formula is C41H36N2O4. The third-order valence-electron chi connectivity index (χ3n) is 10.2. The molecule has 2 heterocycles. The van der Waals surface area contributed by atoms with Crippen LogP contribution in [0.25, 0.3) is 38.6 Å². The van der Waals surface area contributed by atoms with E-state index in [1.807, 2.05) is 62.4 Å². The van der Waals surface area contributed by atoms with Gasteiger partial charge in [0.25, 0.3) is 0 Å². The minimum absolute atomic E-state index is 0.109. The van der Waals surface area contributed by atoms with Crippen molar-refractivity contribution in [1.29, 1.82) is 0 Å². The van der Waals surface area contributed by atoms with Gasteiger partial charge in [-0.1, -0.05) is 72.8 Å². The Kier molecular flexibility index (Phi) is 7.05. The number of esters is 2. The van der Waals surface area contributed by atoms with Crippen LogP contribution in [0.3, 0.4) is 0 Å².